The van der Waals surface area contributed by atoms with Gasteiger partial charge < -0.3 is 10.2 Å². The van der Waals surface area contributed by atoms with Crippen LogP contribution >= 0.6 is 0 Å². The molecule has 1 atom stereocenters. The topological polar surface area (TPSA) is 32.3 Å². The molecule has 1 heterocycles. The van der Waals surface area contributed by atoms with Gasteiger partial charge in [-0.05, 0) is 25.5 Å². The number of hydrogen-bond acceptors (Lipinski definition) is 2. The van der Waals surface area contributed by atoms with Crippen molar-refractivity contribution in [2.45, 2.75) is 25.8 Å². The van der Waals surface area contributed by atoms with Gasteiger partial charge in [-0.2, -0.15) is 0 Å². The lowest BCUT2D eigenvalue weighted by molar-refractivity contribution is -0.130. The van der Waals surface area contributed by atoms with E-state index in [9.17, 15) is 4.79 Å². The number of hydrogen-bond donors (Lipinski definition) is 1. The monoisotopic (exact) mass is 232 g/mol. The zero-order valence-corrected chi connectivity index (χ0v) is 10.4. The van der Waals surface area contributed by atoms with Crippen molar-refractivity contribution in [3.63, 3.8) is 0 Å². The average molecular weight is 232 g/mol. The number of rotatable bonds is 2. The van der Waals surface area contributed by atoms with Crippen molar-refractivity contribution in [1.82, 2.24) is 10.2 Å². The van der Waals surface area contributed by atoms with Gasteiger partial charge in [-0.25, -0.2) is 0 Å². The molecule has 92 valence electrons. The van der Waals surface area contributed by atoms with Gasteiger partial charge in [0.05, 0.1) is 6.42 Å². The number of amides is 1. The molecular formula is C14H20N2O. The standard InChI is InChI=1S/C14H20N2O/c1-12-11-16(9-5-8-15-12)14(17)10-13-6-3-2-4-7-13/h2-4,6-7,12,15H,5,8-11H2,1H3. The molecule has 1 fully saturated rings. The van der Waals surface area contributed by atoms with Gasteiger partial charge in [0.2, 0.25) is 5.91 Å². The molecule has 3 heteroatoms. The number of carbonyl (C=O) groups is 1. The fourth-order valence-corrected chi connectivity index (χ4v) is 2.21. The van der Waals surface area contributed by atoms with Gasteiger partial charge in [0.25, 0.3) is 0 Å². The summed E-state index contributed by atoms with van der Waals surface area (Å²) in [6, 6.07) is 10.4. The van der Waals surface area contributed by atoms with Crippen molar-refractivity contribution in [2.24, 2.45) is 0 Å². The number of carbonyl (C=O) groups excluding carboxylic acids is 1. The molecule has 0 aromatic heterocycles. The van der Waals surface area contributed by atoms with Gasteiger partial charge in [-0.1, -0.05) is 30.3 Å². The molecule has 1 amide bonds. The summed E-state index contributed by atoms with van der Waals surface area (Å²) < 4.78 is 0. The van der Waals surface area contributed by atoms with Crippen LogP contribution in [0.3, 0.4) is 0 Å². The van der Waals surface area contributed by atoms with Crippen LogP contribution < -0.4 is 5.32 Å². The van der Waals surface area contributed by atoms with E-state index in [4.69, 9.17) is 0 Å². The number of benzene rings is 1. The Balaban J connectivity index is 1.95. The Labute approximate surface area is 103 Å². The van der Waals surface area contributed by atoms with Crippen LogP contribution in [0, 0.1) is 0 Å². The molecule has 0 radical (unpaired) electrons. The first-order chi connectivity index (χ1) is 8.25. The lowest BCUT2D eigenvalue weighted by Gasteiger charge is -2.22. The van der Waals surface area contributed by atoms with Crippen LogP contribution in [0.1, 0.15) is 18.9 Å². The summed E-state index contributed by atoms with van der Waals surface area (Å²) >= 11 is 0. The average Bonchev–Trinajstić information content (AvgIpc) is 2.55. The fraction of sp³-hybridized carbons (Fsp3) is 0.500. The summed E-state index contributed by atoms with van der Waals surface area (Å²) in [5, 5.41) is 3.40. The lowest BCUT2D eigenvalue weighted by atomic mass is 10.1. The normalized spacial score (nSPS) is 21.0. The van der Waals surface area contributed by atoms with Crippen LogP contribution in [-0.4, -0.2) is 36.5 Å². The molecule has 0 aliphatic carbocycles. The van der Waals surface area contributed by atoms with E-state index in [2.05, 4.69) is 12.2 Å². The van der Waals surface area contributed by atoms with Crippen molar-refractivity contribution in [3.05, 3.63) is 35.9 Å². The second-order valence-electron chi connectivity index (χ2n) is 4.71. The van der Waals surface area contributed by atoms with E-state index in [0.29, 0.717) is 12.5 Å². The number of nitrogens with one attached hydrogen (secondary N) is 1. The number of nitrogens with zero attached hydrogens (tertiary/aromatic N) is 1. The van der Waals surface area contributed by atoms with E-state index in [1.165, 1.54) is 0 Å². The summed E-state index contributed by atoms with van der Waals surface area (Å²) in [4.78, 5) is 14.1. The maximum atomic E-state index is 12.2. The van der Waals surface area contributed by atoms with E-state index in [0.717, 1.165) is 31.6 Å². The summed E-state index contributed by atoms with van der Waals surface area (Å²) in [5.41, 5.74) is 1.10. The summed E-state index contributed by atoms with van der Waals surface area (Å²) in [6.45, 7) is 4.85. The maximum Gasteiger partial charge on any atom is 0.227 e. The Bertz CT molecular complexity index is 364. The highest BCUT2D eigenvalue weighted by molar-refractivity contribution is 5.78. The van der Waals surface area contributed by atoms with Crippen molar-refractivity contribution in [2.75, 3.05) is 19.6 Å². The molecule has 2 rings (SSSR count). The van der Waals surface area contributed by atoms with Crippen LogP contribution in [0.5, 0.6) is 0 Å². The minimum atomic E-state index is 0.242. The molecule has 0 saturated carbocycles. The van der Waals surface area contributed by atoms with Gasteiger partial charge in [0.1, 0.15) is 0 Å². The Morgan fingerprint density at radius 1 is 1.41 bits per heavy atom. The fourth-order valence-electron chi connectivity index (χ4n) is 2.21. The molecule has 1 N–H and O–H groups in total. The second kappa shape index (κ2) is 5.82. The summed E-state index contributed by atoms with van der Waals surface area (Å²) in [7, 11) is 0. The highest BCUT2D eigenvalue weighted by Crippen LogP contribution is 2.06. The Kier molecular flexibility index (Phi) is 4.15. The van der Waals surface area contributed by atoms with Crippen molar-refractivity contribution in [1.29, 1.82) is 0 Å². The van der Waals surface area contributed by atoms with Gasteiger partial charge in [-0.3, -0.25) is 4.79 Å². The Morgan fingerprint density at radius 3 is 2.94 bits per heavy atom. The van der Waals surface area contributed by atoms with Crippen LogP contribution in [-0.2, 0) is 11.2 Å². The van der Waals surface area contributed by atoms with Crippen LogP contribution in [0.2, 0.25) is 0 Å². The molecule has 1 aliphatic heterocycles. The molecule has 0 spiro atoms. The van der Waals surface area contributed by atoms with E-state index in [1.54, 1.807) is 0 Å². The maximum absolute atomic E-state index is 12.2. The SMILES string of the molecule is CC1CN(C(=O)Cc2ccccc2)CCCN1. The first-order valence-electron chi connectivity index (χ1n) is 6.31. The minimum absolute atomic E-state index is 0.242. The third kappa shape index (κ3) is 3.56. The van der Waals surface area contributed by atoms with E-state index < -0.39 is 0 Å². The molecular weight excluding hydrogens is 212 g/mol. The highest BCUT2D eigenvalue weighted by Gasteiger charge is 2.18. The molecule has 1 unspecified atom stereocenters. The van der Waals surface area contributed by atoms with E-state index >= 15 is 0 Å². The molecule has 17 heavy (non-hydrogen) atoms. The van der Waals surface area contributed by atoms with Gasteiger partial charge in [0.15, 0.2) is 0 Å². The smallest absolute Gasteiger partial charge is 0.227 e. The quantitative estimate of drug-likeness (QED) is 0.837. The lowest BCUT2D eigenvalue weighted by Crippen LogP contribution is -2.39. The molecule has 1 saturated heterocycles. The zero-order valence-electron chi connectivity index (χ0n) is 10.4. The van der Waals surface area contributed by atoms with Crippen molar-refractivity contribution < 1.29 is 4.79 Å². The summed E-state index contributed by atoms with van der Waals surface area (Å²) in [6.07, 6.45) is 1.57. The van der Waals surface area contributed by atoms with Crippen LogP contribution in [0.15, 0.2) is 30.3 Å². The predicted octanol–water partition coefficient (Wildman–Crippen LogP) is 1.44. The largest absolute Gasteiger partial charge is 0.341 e. The minimum Gasteiger partial charge on any atom is -0.341 e. The van der Waals surface area contributed by atoms with E-state index in [1.807, 2.05) is 35.2 Å². The summed E-state index contributed by atoms with van der Waals surface area (Å²) in [5.74, 6) is 0.242. The van der Waals surface area contributed by atoms with Gasteiger partial charge in [0, 0.05) is 19.1 Å². The van der Waals surface area contributed by atoms with Crippen LogP contribution in [0.4, 0.5) is 0 Å². The van der Waals surface area contributed by atoms with Crippen LogP contribution in [0.25, 0.3) is 0 Å². The first kappa shape index (κ1) is 12.1. The Hall–Kier alpha value is -1.35. The van der Waals surface area contributed by atoms with Gasteiger partial charge >= 0.3 is 0 Å². The molecule has 0 bridgehead atoms. The predicted molar refractivity (Wildman–Crippen MR) is 68.8 cm³/mol. The highest BCUT2D eigenvalue weighted by atomic mass is 16.2. The molecule has 1 aromatic rings. The van der Waals surface area contributed by atoms with E-state index in [-0.39, 0.29) is 5.91 Å². The van der Waals surface area contributed by atoms with Crippen molar-refractivity contribution in [3.8, 4) is 0 Å². The zero-order chi connectivity index (χ0) is 12.1. The third-order valence-electron chi connectivity index (χ3n) is 3.14. The Morgan fingerprint density at radius 2 is 2.18 bits per heavy atom. The van der Waals surface area contributed by atoms with Gasteiger partial charge in [-0.15, -0.1) is 0 Å². The molecule has 3 nitrogen and oxygen atoms in total. The molecule has 1 aromatic carbocycles. The molecule has 1 aliphatic rings. The third-order valence-corrected chi connectivity index (χ3v) is 3.14. The first-order valence-corrected chi connectivity index (χ1v) is 6.31. The van der Waals surface area contributed by atoms with Crippen molar-refractivity contribution >= 4 is 5.91 Å². The second-order valence-corrected chi connectivity index (χ2v) is 4.71.